The normalized spacial score (nSPS) is 14.2. The van der Waals surface area contributed by atoms with E-state index in [2.05, 4.69) is 186 Å². The van der Waals surface area contributed by atoms with Crippen LogP contribution in [0.1, 0.15) is 345 Å². The Labute approximate surface area is 600 Å². The predicted octanol–water partition coefficient (Wildman–Crippen LogP) is 31.8. The van der Waals surface area contributed by atoms with Crippen LogP contribution in [-0.2, 0) is 16.2 Å². The topological polar surface area (TPSA) is 0 Å². The molecule has 3 aliphatic carbocycles. The third-order valence-electron chi connectivity index (χ3n) is 24.1. The van der Waals surface area contributed by atoms with Gasteiger partial charge in [0.05, 0.1) is 0 Å². The average Bonchev–Trinajstić information content (AvgIpc) is 1.57. The molecular weight excluding hydrogens is 1210 g/mol. The second-order valence-corrected chi connectivity index (χ2v) is 32.8. The lowest BCUT2D eigenvalue weighted by Gasteiger charge is -2.34. The van der Waals surface area contributed by atoms with Crippen molar-refractivity contribution in [1.29, 1.82) is 0 Å². The van der Waals surface area contributed by atoms with E-state index in [9.17, 15) is 0 Å². The minimum atomic E-state index is -0.0544. The molecule has 2 heteroatoms. The Morgan fingerprint density at radius 2 is 0.392 bits per heavy atom. The number of rotatable bonds is 46. The fourth-order valence-corrected chi connectivity index (χ4v) is 20.1. The van der Waals surface area contributed by atoms with Gasteiger partial charge in [-0.3, -0.25) is 0 Å². The molecule has 0 aliphatic heterocycles. The van der Waals surface area contributed by atoms with Crippen molar-refractivity contribution in [3.05, 3.63) is 178 Å². The lowest BCUT2D eigenvalue weighted by molar-refractivity contribution is 0.397. The van der Waals surface area contributed by atoms with Gasteiger partial charge in [0.2, 0.25) is 0 Å². The molecule has 97 heavy (non-hydrogen) atoms. The first-order chi connectivity index (χ1) is 47.9. The molecule has 0 saturated heterocycles. The summed E-state index contributed by atoms with van der Waals surface area (Å²) in [5.41, 5.74) is 27.1. The maximum atomic E-state index is 2.78. The van der Waals surface area contributed by atoms with Gasteiger partial charge in [-0.05, 0) is 198 Å². The van der Waals surface area contributed by atoms with Gasteiger partial charge in [0, 0.05) is 26.0 Å². The van der Waals surface area contributed by atoms with E-state index < -0.39 is 0 Å². The highest BCUT2D eigenvalue weighted by Gasteiger charge is 2.46. The standard InChI is InChI=1S/C95H126S2/c1-7-13-19-25-31-37-59-93(60-38-32-26-20-14-8-2)85-67-73(75-49-55-81-83-57-51-77(91-45-43-65-96-91)71-89(83)94(87(81)69-75,61-39-33-27-21-15-9-3)62-40-34-28-22-16-10-4)47-53-79(85)80-54-48-74(68-86(80)93)76-50-56-82-84-58-52-78(92-46-44-66-97-92)72-90(84)95(88(82)70-76,63-41-35-29-23-17-11-5)64-42-36-30-24-18-12-6/h43-58,65-72H,7-42,59-64H2,1-6H3. The molecule has 6 aromatic carbocycles. The summed E-state index contributed by atoms with van der Waals surface area (Å²) in [6.07, 6.45) is 55.3. The molecule has 2 heterocycles. The summed E-state index contributed by atoms with van der Waals surface area (Å²) in [5, 5.41) is 4.53. The maximum Gasteiger partial charge on any atom is 0.0342 e. The largest absolute Gasteiger partial charge is 0.144 e. The maximum absolute atomic E-state index is 2.78. The molecule has 0 atom stereocenters. The Balaban J connectivity index is 1.02. The molecule has 0 nitrogen and oxygen atoms in total. The Morgan fingerprint density at radius 3 is 0.588 bits per heavy atom. The van der Waals surface area contributed by atoms with Crippen LogP contribution in [-0.4, -0.2) is 0 Å². The van der Waals surface area contributed by atoms with Crippen LogP contribution >= 0.6 is 22.7 Å². The van der Waals surface area contributed by atoms with Gasteiger partial charge in [0.25, 0.3) is 0 Å². The summed E-state index contributed by atoms with van der Waals surface area (Å²) in [7, 11) is 0. The zero-order chi connectivity index (χ0) is 67.1. The lowest BCUT2D eigenvalue weighted by atomic mass is 9.69. The van der Waals surface area contributed by atoms with Crippen molar-refractivity contribution in [2.45, 2.75) is 327 Å². The Morgan fingerprint density at radius 1 is 0.206 bits per heavy atom. The fourth-order valence-electron chi connectivity index (χ4n) is 18.6. The molecular formula is C95H126S2. The van der Waals surface area contributed by atoms with Crippen molar-refractivity contribution in [2.24, 2.45) is 0 Å². The molecule has 0 saturated carbocycles. The number of fused-ring (bicyclic) bond motifs is 9. The van der Waals surface area contributed by atoms with E-state index >= 15 is 0 Å². The average molecular weight is 1330 g/mol. The highest BCUT2D eigenvalue weighted by Crippen LogP contribution is 2.60. The summed E-state index contributed by atoms with van der Waals surface area (Å²) in [4.78, 5) is 2.79. The number of benzene rings is 6. The fraction of sp³-hybridized carbons (Fsp3) is 0.537. The Hall–Kier alpha value is -5.28. The second kappa shape index (κ2) is 36.9. The van der Waals surface area contributed by atoms with Gasteiger partial charge in [-0.15, -0.1) is 22.7 Å². The van der Waals surface area contributed by atoms with E-state index in [1.165, 1.54) is 346 Å². The Kier molecular flexibility index (Phi) is 27.7. The molecule has 518 valence electrons. The van der Waals surface area contributed by atoms with Crippen LogP contribution in [0, 0.1) is 0 Å². The SMILES string of the molecule is CCCCCCCCC1(CCCCCCCC)c2cc(-c3ccc4c(c3)C(CCCCCCCC)(CCCCCCCC)c3cc(-c5cccs5)ccc3-4)ccc2-c2ccc(-c3ccc4c(c3)C(CCCCCCCC)(CCCCCCCC)c3cc(-c5cccs5)ccc3-4)cc21. The molecule has 2 aromatic heterocycles. The van der Waals surface area contributed by atoms with Crippen molar-refractivity contribution in [2.75, 3.05) is 0 Å². The minimum absolute atomic E-state index is 0.00170. The molecule has 0 fully saturated rings. The molecule has 0 amide bonds. The van der Waals surface area contributed by atoms with Crippen molar-refractivity contribution in [3.8, 4) is 76.5 Å². The summed E-state index contributed by atoms with van der Waals surface area (Å²) in [6.45, 7) is 14.2. The van der Waals surface area contributed by atoms with Crippen molar-refractivity contribution in [1.82, 2.24) is 0 Å². The van der Waals surface area contributed by atoms with Crippen molar-refractivity contribution in [3.63, 3.8) is 0 Å². The Bertz CT molecular complexity index is 3390. The second-order valence-electron chi connectivity index (χ2n) is 30.9. The van der Waals surface area contributed by atoms with Crippen LogP contribution in [0.4, 0.5) is 0 Å². The van der Waals surface area contributed by atoms with Gasteiger partial charge in [0.15, 0.2) is 0 Å². The van der Waals surface area contributed by atoms with Crippen LogP contribution < -0.4 is 0 Å². The predicted molar refractivity (Wildman–Crippen MR) is 431 cm³/mol. The summed E-state index contributed by atoms with van der Waals surface area (Å²) >= 11 is 3.79. The zero-order valence-corrected chi connectivity index (χ0v) is 63.5. The summed E-state index contributed by atoms with van der Waals surface area (Å²) in [6, 6.07) is 56.1. The highest BCUT2D eigenvalue weighted by molar-refractivity contribution is 7.13. The number of hydrogen-bond acceptors (Lipinski definition) is 2. The third kappa shape index (κ3) is 17.0. The molecule has 8 aromatic rings. The van der Waals surface area contributed by atoms with Crippen LogP contribution in [0.3, 0.4) is 0 Å². The van der Waals surface area contributed by atoms with E-state index in [0.29, 0.717) is 0 Å². The van der Waals surface area contributed by atoms with Crippen molar-refractivity contribution >= 4 is 22.7 Å². The van der Waals surface area contributed by atoms with E-state index in [0.717, 1.165) is 0 Å². The van der Waals surface area contributed by atoms with Crippen LogP contribution in [0.5, 0.6) is 0 Å². The molecule has 3 aliphatic rings. The first-order valence-electron chi connectivity index (χ1n) is 40.8. The lowest BCUT2D eigenvalue weighted by Crippen LogP contribution is -2.26. The third-order valence-corrected chi connectivity index (χ3v) is 25.9. The smallest absolute Gasteiger partial charge is 0.0342 e. The summed E-state index contributed by atoms with van der Waals surface area (Å²) in [5.74, 6) is 0. The van der Waals surface area contributed by atoms with Gasteiger partial charge < -0.3 is 0 Å². The number of unbranched alkanes of at least 4 members (excludes halogenated alkanes) is 30. The quantitative estimate of drug-likeness (QED) is 0.0334. The first-order valence-corrected chi connectivity index (χ1v) is 42.6. The number of thiophene rings is 2. The van der Waals surface area contributed by atoms with Gasteiger partial charge in [0.1, 0.15) is 0 Å². The number of hydrogen-bond donors (Lipinski definition) is 0. The monoisotopic (exact) mass is 1330 g/mol. The van der Waals surface area contributed by atoms with Gasteiger partial charge in [-0.25, -0.2) is 0 Å². The van der Waals surface area contributed by atoms with E-state index in [4.69, 9.17) is 0 Å². The van der Waals surface area contributed by atoms with E-state index in [1.807, 2.05) is 22.7 Å². The first kappa shape index (κ1) is 73.0. The minimum Gasteiger partial charge on any atom is -0.144 e. The highest BCUT2D eigenvalue weighted by atomic mass is 32.1. The molecule has 0 bridgehead atoms. The van der Waals surface area contributed by atoms with E-state index in [1.54, 1.807) is 33.4 Å². The van der Waals surface area contributed by atoms with E-state index in [-0.39, 0.29) is 16.2 Å². The molecule has 0 radical (unpaired) electrons. The van der Waals surface area contributed by atoms with Gasteiger partial charge >= 0.3 is 0 Å². The zero-order valence-electron chi connectivity index (χ0n) is 61.9. The van der Waals surface area contributed by atoms with Crippen molar-refractivity contribution < 1.29 is 0 Å². The molecule has 0 N–H and O–H groups in total. The molecule has 0 unspecified atom stereocenters. The summed E-state index contributed by atoms with van der Waals surface area (Å²) < 4.78 is 0. The van der Waals surface area contributed by atoms with Crippen LogP contribution in [0.15, 0.2) is 144 Å². The molecule has 11 rings (SSSR count). The van der Waals surface area contributed by atoms with Crippen LogP contribution in [0.25, 0.3) is 76.5 Å². The van der Waals surface area contributed by atoms with Gasteiger partial charge in [-0.2, -0.15) is 0 Å². The van der Waals surface area contributed by atoms with Gasteiger partial charge in [-0.1, -0.05) is 358 Å². The molecule has 0 spiro atoms. The van der Waals surface area contributed by atoms with Crippen LogP contribution in [0.2, 0.25) is 0 Å².